The molecule has 0 heterocycles. The Morgan fingerprint density at radius 2 is 2.05 bits per heavy atom. The molecule has 0 aromatic carbocycles. The van der Waals surface area contributed by atoms with E-state index in [0.29, 0.717) is 23.9 Å². The lowest BCUT2D eigenvalue weighted by atomic mass is 9.48. The lowest BCUT2D eigenvalue weighted by Gasteiger charge is -2.56. The van der Waals surface area contributed by atoms with E-state index in [0.717, 1.165) is 12.3 Å². The quantitative estimate of drug-likeness (QED) is 0.740. The van der Waals surface area contributed by atoms with E-state index < -0.39 is 0 Å². The summed E-state index contributed by atoms with van der Waals surface area (Å²) in [6.45, 7) is 12.1. The molecule has 1 N–H and O–H groups in total. The van der Waals surface area contributed by atoms with Crippen LogP contribution in [0, 0.1) is 34.0 Å². The Balaban J connectivity index is 1.91. The fourth-order valence-corrected chi connectivity index (χ4v) is 6.87. The third kappa shape index (κ3) is 1.29. The van der Waals surface area contributed by atoms with E-state index in [1.165, 1.54) is 24.8 Å². The summed E-state index contributed by atoms with van der Waals surface area (Å²) in [5.41, 5.74) is 3.85. The maximum atomic E-state index is 9.48. The number of hydrogen-bond acceptors (Lipinski definition) is 1. The molecule has 4 aliphatic rings. The summed E-state index contributed by atoms with van der Waals surface area (Å²) >= 11 is 0. The van der Waals surface area contributed by atoms with E-state index >= 15 is 0 Å². The van der Waals surface area contributed by atoms with Crippen molar-refractivity contribution in [3.63, 3.8) is 0 Å². The third-order valence-electron chi connectivity index (χ3n) is 7.73. The van der Waals surface area contributed by atoms with Crippen LogP contribution in [0.25, 0.3) is 0 Å². The van der Waals surface area contributed by atoms with Gasteiger partial charge in [-0.25, -0.2) is 0 Å². The van der Waals surface area contributed by atoms with Crippen molar-refractivity contribution in [2.24, 2.45) is 34.0 Å². The van der Waals surface area contributed by atoms with Crippen molar-refractivity contribution in [1.29, 1.82) is 0 Å². The highest BCUT2D eigenvalue weighted by molar-refractivity contribution is 5.54. The first-order chi connectivity index (χ1) is 9.91. The number of allylic oxidation sites excluding steroid dienone is 5. The SMILES string of the molecule is C=C1C=C2[C@H](CCO)CC[C@@H]3CC=C[C@@]4([C@@H]1C4(C)C)[C@@]23C. The second-order valence-corrected chi connectivity index (χ2v) is 8.52. The molecule has 0 radical (unpaired) electrons. The van der Waals surface area contributed by atoms with Gasteiger partial charge in [0.15, 0.2) is 0 Å². The lowest BCUT2D eigenvalue weighted by molar-refractivity contribution is 0.0487. The topological polar surface area (TPSA) is 20.2 Å². The monoisotopic (exact) mass is 284 g/mol. The molecule has 0 aliphatic heterocycles. The van der Waals surface area contributed by atoms with Gasteiger partial charge in [-0.1, -0.05) is 56.7 Å². The minimum Gasteiger partial charge on any atom is -0.396 e. The predicted molar refractivity (Wildman–Crippen MR) is 86.7 cm³/mol. The maximum absolute atomic E-state index is 9.48. The Morgan fingerprint density at radius 3 is 2.76 bits per heavy atom. The van der Waals surface area contributed by atoms with Crippen molar-refractivity contribution in [3.05, 3.63) is 36.0 Å². The lowest BCUT2D eigenvalue weighted by Crippen LogP contribution is -2.48. The van der Waals surface area contributed by atoms with E-state index in [9.17, 15) is 5.11 Å². The van der Waals surface area contributed by atoms with Crippen LogP contribution in [0.2, 0.25) is 0 Å². The maximum Gasteiger partial charge on any atom is 0.0436 e. The van der Waals surface area contributed by atoms with Gasteiger partial charge >= 0.3 is 0 Å². The van der Waals surface area contributed by atoms with Gasteiger partial charge in [0.1, 0.15) is 0 Å². The molecule has 0 saturated heterocycles. The molecular weight excluding hydrogens is 256 g/mol. The number of aliphatic hydroxyl groups is 1. The normalized spacial score (nSPS) is 49.2. The fraction of sp³-hybridized carbons (Fsp3) is 0.700. The molecule has 114 valence electrons. The molecule has 2 fully saturated rings. The number of hydrogen-bond donors (Lipinski definition) is 1. The molecule has 1 nitrogen and oxygen atoms in total. The van der Waals surface area contributed by atoms with Crippen LogP contribution in [-0.2, 0) is 0 Å². The Labute approximate surface area is 128 Å². The summed E-state index contributed by atoms with van der Waals surface area (Å²) in [5, 5.41) is 9.48. The van der Waals surface area contributed by atoms with E-state index in [1.54, 1.807) is 5.57 Å². The molecule has 4 rings (SSSR count). The van der Waals surface area contributed by atoms with Crippen LogP contribution in [0.15, 0.2) is 36.0 Å². The van der Waals surface area contributed by atoms with Crippen LogP contribution in [0.1, 0.15) is 46.5 Å². The summed E-state index contributed by atoms with van der Waals surface area (Å²) < 4.78 is 0. The highest BCUT2D eigenvalue weighted by Gasteiger charge is 2.80. The number of aliphatic hydroxyl groups excluding tert-OH is 1. The molecular formula is C20H28O. The molecule has 1 spiro atoms. The van der Waals surface area contributed by atoms with Crippen LogP contribution in [0.3, 0.4) is 0 Å². The van der Waals surface area contributed by atoms with Crippen molar-refractivity contribution in [1.82, 2.24) is 0 Å². The second kappa shape index (κ2) is 3.93. The zero-order chi connectivity index (χ0) is 15.0. The average molecular weight is 284 g/mol. The molecule has 0 aromatic rings. The van der Waals surface area contributed by atoms with E-state index in [-0.39, 0.29) is 10.8 Å². The molecule has 0 unspecified atom stereocenters. The summed E-state index contributed by atoms with van der Waals surface area (Å²) in [4.78, 5) is 0. The van der Waals surface area contributed by atoms with E-state index in [4.69, 9.17) is 0 Å². The van der Waals surface area contributed by atoms with Crippen LogP contribution in [0.4, 0.5) is 0 Å². The molecule has 0 bridgehead atoms. The summed E-state index contributed by atoms with van der Waals surface area (Å²) in [6.07, 6.45) is 12.2. The Hall–Kier alpha value is -0.820. The van der Waals surface area contributed by atoms with Gasteiger partial charge in [-0.3, -0.25) is 0 Å². The minimum absolute atomic E-state index is 0.287. The first kappa shape index (κ1) is 13.8. The van der Waals surface area contributed by atoms with E-state index in [2.05, 4.69) is 45.6 Å². The van der Waals surface area contributed by atoms with Crippen molar-refractivity contribution in [3.8, 4) is 0 Å². The van der Waals surface area contributed by atoms with Crippen molar-refractivity contribution in [2.45, 2.75) is 46.5 Å². The molecule has 4 aliphatic carbocycles. The molecule has 0 aromatic heterocycles. The first-order valence-corrected chi connectivity index (χ1v) is 8.60. The molecule has 5 atom stereocenters. The summed E-state index contributed by atoms with van der Waals surface area (Å²) in [7, 11) is 0. The van der Waals surface area contributed by atoms with E-state index in [1.807, 2.05) is 0 Å². The second-order valence-electron chi connectivity index (χ2n) is 8.52. The van der Waals surface area contributed by atoms with Gasteiger partial charge in [0, 0.05) is 17.4 Å². The Kier molecular flexibility index (Phi) is 2.58. The van der Waals surface area contributed by atoms with Gasteiger partial charge in [-0.2, -0.15) is 0 Å². The zero-order valence-electron chi connectivity index (χ0n) is 13.7. The molecule has 2 saturated carbocycles. The van der Waals surface area contributed by atoms with Crippen molar-refractivity contribution >= 4 is 0 Å². The third-order valence-corrected chi connectivity index (χ3v) is 7.73. The Morgan fingerprint density at radius 1 is 1.29 bits per heavy atom. The van der Waals surface area contributed by atoms with Gasteiger partial charge < -0.3 is 5.11 Å². The van der Waals surface area contributed by atoms with Crippen molar-refractivity contribution in [2.75, 3.05) is 6.61 Å². The van der Waals surface area contributed by atoms with Crippen LogP contribution in [-0.4, -0.2) is 11.7 Å². The number of rotatable bonds is 2. The summed E-state index contributed by atoms with van der Waals surface area (Å²) in [5.74, 6) is 1.96. The molecule has 1 heteroatoms. The zero-order valence-corrected chi connectivity index (χ0v) is 13.7. The highest BCUT2D eigenvalue weighted by atomic mass is 16.3. The smallest absolute Gasteiger partial charge is 0.0436 e. The van der Waals surface area contributed by atoms with Gasteiger partial charge in [-0.15, -0.1) is 0 Å². The van der Waals surface area contributed by atoms with Gasteiger partial charge in [0.2, 0.25) is 0 Å². The van der Waals surface area contributed by atoms with Crippen LogP contribution < -0.4 is 0 Å². The summed E-state index contributed by atoms with van der Waals surface area (Å²) in [6, 6.07) is 0. The molecule has 0 amide bonds. The van der Waals surface area contributed by atoms with Crippen LogP contribution in [0.5, 0.6) is 0 Å². The van der Waals surface area contributed by atoms with Crippen LogP contribution >= 0.6 is 0 Å². The standard InChI is InChI=1S/C20H28O/c1-13-12-16-14(9-11-21)7-8-15-6-5-10-20(19(15,16)4)17(13)18(20,2)3/h5,10,12,14-15,17,21H,1,6-9,11H2,2-4H3/t14-,15-,17-,19+,20-/m0/s1. The minimum atomic E-state index is 0.287. The van der Waals surface area contributed by atoms with Gasteiger partial charge in [-0.05, 0) is 48.9 Å². The Bertz CT molecular complexity index is 566. The fourth-order valence-electron chi connectivity index (χ4n) is 6.87. The largest absolute Gasteiger partial charge is 0.396 e. The average Bonchev–Trinajstić information content (AvgIpc) is 2.93. The highest BCUT2D eigenvalue weighted by Crippen LogP contribution is 2.86. The first-order valence-electron chi connectivity index (χ1n) is 8.60. The van der Waals surface area contributed by atoms with Gasteiger partial charge in [0.25, 0.3) is 0 Å². The molecule has 21 heavy (non-hydrogen) atoms. The van der Waals surface area contributed by atoms with Crippen molar-refractivity contribution < 1.29 is 5.11 Å². The van der Waals surface area contributed by atoms with Gasteiger partial charge in [0.05, 0.1) is 0 Å². The predicted octanol–water partition coefficient (Wildman–Crippen LogP) is 4.50.